The van der Waals surface area contributed by atoms with Crippen molar-refractivity contribution in [3.63, 3.8) is 0 Å². The van der Waals surface area contributed by atoms with Crippen molar-refractivity contribution in [2.45, 2.75) is 38.6 Å². The third-order valence-electron chi connectivity index (χ3n) is 4.31. The molecule has 2 rings (SSSR count). The van der Waals surface area contributed by atoms with E-state index in [2.05, 4.69) is 0 Å². The normalized spacial score (nSPS) is 31.1. The SMILES string of the molecule is CCN1CC(C(=O)N2CCCC2(C)C(=O)O)CC1=O. The molecule has 0 radical (unpaired) electrons. The van der Waals surface area contributed by atoms with E-state index < -0.39 is 11.5 Å². The highest BCUT2D eigenvalue weighted by Gasteiger charge is 2.48. The van der Waals surface area contributed by atoms with Gasteiger partial charge >= 0.3 is 5.97 Å². The molecule has 1 N–H and O–H groups in total. The van der Waals surface area contributed by atoms with Gasteiger partial charge in [0.15, 0.2) is 0 Å². The van der Waals surface area contributed by atoms with Crippen LogP contribution in [0.5, 0.6) is 0 Å². The zero-order valence-corrected chi connectivity index (χ0v) is 11.4. The molecule has 6 nitrogen and oxygen atoms in total. The molecule has 106 valence electrons. The van der Waals surface area contributed by atoms with Crippen LogP contribution in [0.1, 0.15) is 33.1 Å². The summed E-state index contributed by atoms with van der Waals surface area (Å²) in [5.74, 6) is -1.55. The maximum Gasteiger partial charge on any atom is 0.329 e. The minimum absolute atomic E-state index is 0.0166. The second-order valence-corrected chi connectivity index (χ2v) is 5.51. The maximum absolute atomic E-state index is 12.5. The summed E-state index contributed by atoms with van der Waals surface area (Å²) in [5, 5.41) is 9.31. The van der Waals surface area contributed by atoms with Crippen LogP contribution in [0, 0.1) is 5.92 Å². The predicted octanol–water partition coefficient (Wildman–Crippen LogP) is 0.320. The number of carboxylic acid groups (broad SMARTS) is 1. The summed E-state index contributed by atoms with van der Waals surface area (Å²) in [6.07, 6.45) is 1.39. The van der Waals surface area contributed by atoms with Crippen molar-refractivity contribution in [2.24, 2.45) is 5.92 Å². The number of likely N-dealkylation sites (tertiary alicyclic amines) is 2. The quantitative estimate of drug-likeness (QED) is 0.799. The molecular weight excluding hydrogens is 248 g/mol. The molecule has 0 spiro atoms. The first-order valence-corrected chi connectivity index (χ1v) is 6.72. The van der Waals surface area contributed by atoms with E-state index in [4.69, 9.17) is 0 Å². The minimum atomic E-state index is -1.11. The molecule has 2 unspecified atom stereocenters. The Balaban J connectivity index is 2.12. The van der Waals surface area contributed by atoms with E-state index in [1.54, 1.807) is 11.8 Å². The Kier molecular flexibility index (Phi) is 3.52. The molecule has 2 aliphatic heterocycles. The zero-order chi connectivity index (χ0) is 14.2. The number of carbonyl (C=O) groups is 3. The fourth-order valence-electron chi connectivity index (χ4n) is 3.00. The molecule has 0 saturated carbocycles. The molecular formula is C13H20N2O4. The molecule has 2 heterocycles. The molecule has 6 heteroatoms. The van der Waals surface area contributed by atoms with Gasteiger partial charge in [0.2, 0.25) is 11.8 Å². The van der Waals surface area contributed by atoms with E-state index >= 15 is 0 Å². The van der Waals surface area contributed by atoms with Crippen LogP contribution < -0.4 is 0 Å². The third kappa shape index (κ3) is 2.19. The summed E-state index contributed by atoms with van der Waals surface area (Å²) in [4.78, 5) is 38.6. The first-order valence-electron chi connectivity index (χ1n) is 6.72. The van der Waals surface area contributed by atoms with Gasteiger partial charge in [0.1, 0.15) is 5.54 Å². The predicted molar refractivity (Wildman–Crippen MR) is 67.3 cm³/mol. The highest BCUT2D eigenvalue weighted by atomic mass is 16.4. The van der Waals surface area contributed by atoms with Crippen molar-refractivity contribution >= 4 is 17.8 Å². The molecule has 0 aromatic heterocycles. The van der Waals surface area contributed by atoms with Gasteiger partial charge < -0.3 is 14.9 Å². The van der Waals surface area contributed by atoms with Crippen LogP contribution in [-0.2, 0) is 14.4 Å². The largest absolute Gasteiger partial charge is 0.480 e. The van der Waals surface area contributed by atoms with Crippen LogP contribution in [0.2, 0.25) is 0 Å². The average molecular weight is 268 g/mol. The lowest BCUT2D eigenvalue weighted by Gasteiger charge is -2.33. The monoisotopic (exact) mass is 268 g/mol. The number of rotatable bonds is 3. The van der Waals surface area contributed by atoms with Gasteiger partial charge in [-0.1, -0.05) is 0 Å². The Hall–Kier alpha value is -1.59. The van der Waals surface area contributed by atoms with E-state index in [0.717, 1.165) is 0 Å². The number of nitrogens with zero attached hydrogens (tertiary/aromatic N) is 2. The number of hydrogen-bond acceptors (Lipinski definition) is 3. The van der Waals surface area contributed by atoms with Crippen molar-refractivity contribution in [3.05, 3.63) is 0 Å². The van der Waals surface area contributed by atoms with Crippen molar-refractivity contribution < 1.29 is 19.5 Å². The van der Waals surface area contributed by atoms with Crippen molar-refractivity contribution in [1.29, 1.82) is 0 Å². The van der Waals surface area contributed by atoms with Gasteiger partial charge in [-0.15, -0.1) is 0 Å². The number of aliphatic carboxylic acids is 1. The molecule has 19 heavy (non-hydrogen) atoms. The van der Waals surface area contributed by atoms with Crippen molar-refractivity contribution in [2.75, 3.05) is 19.6 Å². The van der Waals surface area contributed by atoms with Crippen LogP contribution in [0.15, 0.2) is 0 Å². The second kappa shape index (κ2) is 4.83. The van der Waals surface area contributed by atoms with Gasteiger partial charge in [-0.25, -0.2) is 4.79 Å². The lowest BCUT2D eigenvalue weighted by Crippen LogP contribution is -2.52. The summed E-state index contributed by atoms with van der Waals surface area (Å²) in [5.41, 5.74) is -1.11. The minimum Gasteiger partial charge on any atom is -0.480 e. The number of hydrogen-bond donors (Lipinski definition) is 1. The van der Waals surface area contributed by atoms with E-state index in [9.17, 15) is 19.5 Å². The maximum atomic E-state index is 12.5. The molecule has 0 bridgehead atoms. The summed E-state index contributed by atoms with van der Waals surface area (Å²) >= 11 is 0. The van der Waals surface area contributed by atoms with Crippen LogP contribution in [0.4, 0.5) is 0 Å². The zero-order valence-electron chi connectivity index (χ0n) is 11.4. The van der Waals surface area contributed by atoms with E-state index in [0.29, 0.717) is 32.5 Å². The highest BCUT2D eigenvalue weighted by molar-refractivity contribution is 5.93. The lowest BCUT2D eigenvalue weighted by atomic mass is 9.97. The summed E-state index contributed by atoms with van der Waals surface area (Å²) in [6, 6.07) is 0. The molecule has 2 saturated heterocycles. The van der Waals surface area contributed by atoms with Gasteiger partial charge in [-0.05, 0) is 26.7 Å². The molecule has 2 amide bonds. The number of carbonyl (C=O) groups excluding carboxylic acids is 2. The lowest BCUT2D eigenvalue weighted by molar-refractivity contribution is -0.156. The standard InChI is InChI=1S/C13H20N2O4/c1-3-14-8-9(7-10(14)16)11(17)15-6-4-5-13(15,2)12(18)19/h9H,3-8H2,1-2H3,(H,18,19). The second-order valence-electron chi connectivity index (χ2n) is 5.51. The Morgan fingerprint density at radius 1 is 1.47 bits per heavy atom. The number of amides is 2. The van der Waals surface area contributed by atoms with Gasteiger partial charge in [0.25, 0.3) is 0 Å². The summed E-state index contributed by atoms with van der Waals surface area (Å²) in [6.45, 7) is 4.95. The Bertz CT molecular complexity index is 423. The summed E-state index contributed by atoms with van der Waals surface area (Å²) in [7, 11) is 0. The third-order valence-corrected chi connectivity index (χ3v) is 4.31. The van der Waals surface area contributed by atoms with E-state index in [-0.39, 0.29) is 24.2 Å². The van der Waals surface area contributed by atoms with Crippen LogP contribution in [-0.4, -0.2) is 57.9 Å². The summed E-state index contributed by atoms with van der Waals surface area (Å²) < 4.78 is 0. The Labute approximate surface area is 112 Å². The average Bonchev–Trinajstić information content (AvgIpc) is 2.92. The van der Waals surface area contributed by atoms with Crippen LogP contribution >= 0.6 is 0 Å². The molecule has 0 aromatic carbocycles. The van der Waals surface area contributed by atoms with Crippen LogP contribution in [0.25, 0.3) is 0 Å². The van der Waals surface area contributed by atoms with Gasteiger partial charge in [-0.2, -0.15) is 0 Å². The van der Waals surface area contributed by atoms with Crippen molar-refractivity contribution in [1.82, 2.24) is 9.80 Å². The van der Waals surface area contributed by atoms with Crippen molar-refractivity contribution in [3.8, 4) is 0 Å². The molecule has 2 fully saturated rings. The Morgan fingerprint density at radius 2 is 2.16 bits per heavy atom. The van der Waals surface area contributed by atoms with Gasteiger partial charge in [0.05, 0.1) is 5.92 Å². The fourth-order valence-corrected chi connectivity index (χ4v) is 3.00. The first kappa shape index (κ1) is 13.8. The molecule has 0 aromatic rings. The molecule has 2 atom stereocenters. The number of carboxylic acids is 1. The highest BCUT2D eigenvalue weighted by Crippen LogP contribution is 2.32. The van der Waals surface area contributed by atoms with E-state index in [1.807, 2.05) is 6.92 Å². The molecule has 0 aliphatic carbocycles. The van der Waals surface area contributed by atoms with Gasteiger partial charge in [-0.3, -0.25) is 9.59 Å². The smallest absolute Gasteiger partial charge is 0.329 e. The first-order chi connectivity index (χ1) is 8.90. The fraction of sp³-hybridized carbons (Fsp3) is 0.769. The Morgan fingerprint density at radius 3 is 2.68 bits per heavy atom. The van der Waals surface area contributed by atoms with Gasteiger partial charge in [0, 0.05) is 26.1 Å². The van der Waals surface area contributed by atoms with Crippen LogP contribution in [0.3, 0.4) is 0 Å². The topological polar surface area (TPSA) is 77.9 Å². The van der Waals surface area contributed by atoms with E-state index in [1.165, 1.54) is 4.90 Å². The molecule has 2 aliphatic rings.